The number of aryl methyl sites for hydroxylation is 1. The number of halogens is 3. The predicted molar refractivity (Wildman–Crippen MR) is 112 cm³/mol. The number of anilines is 1. The minimum absolute atomic E-state index is 0.0624. The van der Waals surface area contributed by atoms with E-state index in [1.54, 1.807) is 0 Å². The number of thioether (sulfide) groups is 1. The molecule has 5 nitrogen and oxygen atoms in total. The average molecular weight is 454 g/mol. The molecule has 1 unspecified atom stereocenters. The summed E-state index contributed by atoms with van der Waals surface area (Å²) in [6.45, 7) is 2.19. The Bertz CT molecular complexity index is 1170. The molecule has 30 heavy (non-hydrogen) atoms. The third-order valence-electron chi connectivity index (χ3n) is 4.96. The summed E-state index contributed by atoms with van der Waals surface area (Å²) in [5.74, 6) is 0.00621. The van der Waals surface area contributed by atoms with Crippen molar-refractivity contribution in [2.24, 2.45) is 5.92 Å². The number of nitrogens with one attached hydrogen (secondary N) is 2. The minimum Gasteiger partial charge on any atom is -0.325 e. The van der Waals surface area contributed by atoms with Crippen LogP contribution in [0.25, 0.3) is 10.2 Å². The van der Waals surface area contributed by atoms with Crippen molar-refractivity contribution in [3.63, 3.8) is 0 Å². The van der Waals surface area contributed by atoms with Gasteiger partial charge >= 0.3 is 6.18 Å². The molecule has 1 aromatic carbocycles. The quantitative estimate of drug-likeness (QED) is 0.437. The van der Waals surface area contributed by atoms with Gasteiger partial charge in [0, 0.05) is 10.6 Å². The molecule has 1 atom stereocenters. The molecule has 2 heterocycles. The van der Waals surface area contributed by atoms with Crippen LogP contribution in [0.3, 0.4) is 0 Å². The number of H-pyrrole nitrogens is 1. The van der Waals surface area contributed by atoms with Crippen molar-refractivity contribution >= 4 is 44.9 Å². The predicted octanol–water partition coefficient (Wildman–Crippen LogP) is 4.86. The molecule has 0 saturated carbocycles. The molecule has 0 bridgehead atoms. The standard InChI is InChI=1S/C20H18F3N3O2S2/c1-10-5-6-13-14(7-10)30-18-16(13)17(28)25-19(26-18)29-9-15(27)24-12-4-2-3-11(8-12)20(21,22)23/h2-4,8,10H,5-7,9H2,1H3,(H,24,27)(H,25,26,28). The van der Waals surface area contributed by atoms with E-state index >= 15 is 0 Å². The van der Waals surface area contributed by atoms with E-state index in [1.165, 1.54) is 28.3 Å². The monoisotopic (exact) mass is 453 g/mol. The fraction of sp³-hybridized carbons (Fsp3) is 0.350. The zero-order valence-electron chi connectivity index (χ0n) is 15.9. The SMILES string of the molecule is CC1CCc2c(sc3nc(SCC(=O)Nc4cccc(C(F)(F)F)c4)[nH]c(=O)c23)C1. The number of benzene rings is 1. The minimum atomic E-state index is -4.48. The Morgan fingerprint density at radius 2 is 2.20 bits per heavy atom. The molecule has 0 fully saturated rings. The number of nitrogens with zero attached hydrogens (tertiary/aromatic N) is 1. The number of hydrogen-bond donors (Lipinski definition) is 2. The summed E-state index contributed by atoms with van der Waals surface area (Å²) >= 11 is 2.56. The van der Waals surface area contributed by atoms with Gasteiger partial charge < -0.3 is 10.3 Å². The van der Waals surface area contributed by atoms with E-state index in [1.807, 2.05) is 0 Å². The van der Waals surface area contributed by atoms with E-state index in [9.17, 15) is 22.8 Å². The Kier molecular flexibility index (Phi) is 5.63. The molecule has 2 N–H and O–H groups in total. The van der Waals surface area contributed by atoms with Gasteiger partial charge in [-0.3, -0.25) is 9.59 Å². The van der Waals surface area contributed by atoms with E-state index in [2.05, 4.69) is 22.2 Å². The number of alkyl halides is 3. The van der Waals surface area contributed by atoms with Crippen LogP contribution in [0.1, 0.15) is 29.3 Å². The Labute approximate surface area is 178 Å². The van der Waals surface area contributed by atoms with Gasteiger partial charge in [-0.05, 0) is 48.9 Å². The van der Waals surface area contributed by atoms with Gasteiger partial charge in [-0.15, -0.1) is 11.3 Å². The van der Waals surface area contributed by atoms with Crippen molar-refractivity contribution in [2.75, 3.05) is 11.1 Å². The van der Waals surface area contributed by atoms with Gasteiger partial charge in [0.05, 0.1) is 16.7 Å². The van der Waals surface area contributed by atoms with Crippen molar-refractivity contribution in [3.8, 4) is 0 Å². The van der Waals surface area contributed by atoms with E-state index in [4.69, 9.17) is 0 Å². The van der Waals surface area contributed by atoms with Crippen molar-refractivity contribution in [3.05, 3.63) is 50.6 Å². The molecule has 1 aliphatic carbocycles. The second-order valence-electron chi connectivity index (χ2n) is 7.32. The lowest BCUT2D eigenvalue weighted by atomic mass is 9.89. The third-order valence-corrected chi connectivity index (χ3v) is 6.98. The van der Waals surface area contributed by atoms with E-state index in [-0.39, 0.29) is 17.0 Å². The highest BCUT2D eigenvalue weighted by atomic mass is 32.2. The molecule has 158 valence electrons. The van der Waals surface area contributed by atoms with Crippen molar-refractivity contribution < 1.29 is 18.0 Å². The smallest absolute Gasteiger partial charge is 0.325 e. The number of carbonyl (C=O) groups is 1. The highest BCUT2D eigenvalue weighted by molar-refractivity contribution is 7.99. The molecular formula is C20H18F3N3O2S2. The highest BCUT2D eigenvalue weighted by Gasteiger charge is 2.30. The van der Waals surface area contributed by atoms with Crippen molar-refractivity contribution in [1.82, 2.24) is 9.97 Å². The maximum Gasteiger partial charge on any atom is 0.416 e. The summed E-state index contributed by atoms with van der Waals surface area (Å²) < 4.78 is 38.4. The van der Waals surface area contributed by atoms with Crippen LogP contribution in [0, 0.1) is 5.92 Å². The summed E-state index contributed by atoms with van der Waals surface area (Å²) in [4.78, 5) is 33.8. The van der Waals surface area contributed by atoms with Crippen LogP contribution >= 0.6 is 23.1 Å². The average Bonchev–Trinajstić information content (AvgIpc) is 3.03. The first-order valence-corrected chi connectivity index (χ1v) is 11.2. The van der Waals surface area contributed by atoms with Crippen LogP contribution in [0.2, 0.25) is 0 Å². The van der Waals surface area contributed by atoms with Crippen molar-refractivity contribution in [2.45, 2.75) is 37.5 Å². The van der Waals surface area contributed by atoms with Gasteiger partial charge in [-0.1, -0.05) is 24.8 Å². The van der Waals surface area contributed by atoms with Gasteiger partial charge in [-0.25, -0.2) is 4.98 Å². The maximum atomic E-state index is 12.8. The number of aromatic nitrogens is 2. The molecular weight excluding hydrogens is 435 g/mol. The Morgan fingerprint density at radius 1 is 1.40 bits per heavy atom. The molecule has 10 heteroatoms. The van der Waals surface area contributed by atoms with Crippen LogP contribution in [0.5, 0.6) is 0 Å². The molecule has 0 aliphatic heterocycles. The molecule has 1 aliphatic rings. The summed E-state index contributed by atoms with van der Waals surface area (Å²) in [5.41, 5.74) is 0.0984. The Morgan fingerprint density at radius 3 is 2.97 bits per heavy atom. The lowest BCUT2D eigenvalue weighted by Gasteiger charge is -2.17. The number of rotatable bonds is 4. The zero-order valence-corrected chi connectivity index (χ0v) is 17.6. The van der Waals surface area contributed by atoms with Crippen LogP contribution in [-0.2, 0) is 23.8 Å². The van der Waals surface area contributed by atoms with E-state index in [0.29, 0.717) is 21.3 Å². The third kappa shape index (κ3) is 4.39. The Hall–Kier alpha value is -2.33. The number of hydrogen-bond acceptors (Lipinski definition) is 5. The molecule has 1 amide bonds. The molecule has 0 saturated heterocycles. The molecule has 0 radical (unpaired) electrons. The molecule has 3 aromatic rings. The van der Waals surface area contributed by atoms with Gasteiger partial charge in [0.25, 0.3) is 5.56 Å². The second-order valence-corrected chi connectivity index (χ2v) is 9.37. The molecule has 0 spiro atoms. The summed E-state index contributed by atoms with van der Waals surface area (Å²) in [6, 6.07) is 4.45. The normalized spacial score (nSPS) is 16.5. The lowest BCUT2D eigenvalue weighted by Crippen LogP contribution is -2.16. The van der Waals surface area contributed by atoms with E-state index < -0.39 is 17.6 Å². The lowest BCUT2D eigenvalue weighted by molar-refractivity contribution is -0.137. The van der Waals surface area contributed by atoms with Crippen LogP contribution < -0.4 is 10.9 Å². The summed E-state index contributed by atoms with van der Waals surface area (Å²) in [5, 5.41) is 3.40. The number of carbonyl (C=O) groups excluding carboxylic acids is 1. The maximum absolute atomic E-state index is 12.8. The van der Waals surface area contributed by atoms with Gasteiger partial charge in [0.15, 0.2) is 5.16 Å². The van der Waals surface area contributed by atoms with Crippen molar-refractivity contribution in [1.29, 1.82) is 0 Å². The Balaban J connectivity index is 1.46. The van der Waals surface area contributed by atoms with Crippen LogP contribution in [-0.4, -0.2) is 21.6 Å². The van der Waals surface area contributed by atoms with Crippen LogP contribution in [0.4, 0.5) is 18.9 Å². The second kappa shape index (κ2) is 8.07. The summed E-state index contributed by atoms with van der Waals surface area (Å²) in [7, 11) is 0. The number of thiophene rings is 1. The number of amides is 1. The van der Waals surface area contributed by atoms with Gasteiger partial charge in [0.1, 0.15) is 4.83 Å². The first-order chi connectivity index (χ1) is 14.2. The van der Waals surface area contributed by atoms with E-state index in [0.717, 1.165) is 48.7 Å². The zero-order chi connectivity index (χ0) is 21.5. The van der Waals surface area contributed by atoms with Gasteiger partial charge in [0.2, 0.25) is 5.91 Å². The largest absolute Gasteiger partial charge is 0.416 e. The number of fused-ring (bicyclic) bond motifs is 3. The van der Waals surface area contributed by atoms with Crippen LogP contribution in [0.15, 0.2) is 34.2 Å². The highest BCUT2D eigenvalue weighted by Crippen LogP contribution is 2.36. The summed E-state index contributed by atoms with van der Waals surface area (Å²) in [6.07, 6.45) is -1.62. The first kappa shape index (κ1) is 20.9. The fourth-order valence-electron chi connectivity index (χ4n) is 3.50. The topological polar surface area (TPSA) is 74.8 Å². The van der Waals surface area contributed by atoms with Gasteiger partial charge in [-0.2, -0.15) is 13.2 Å². The molecule has 4 rings (SSSR count). The number of aromatic amines is 1. The fourth-order valence-corrected chi connectivity index (χ4v) is 5.60. The first-order valence-electron chi connectivity index (χ1n) is 9.35. The molecule has 2 aromatic heterocycles.